The van der Waals surface area contributed by atoms with Gasteiger partial charge in [0.25, 0.3) is 0 Å². The topological polar surface area (TPSA) is 66.8 Å². The van der Waals surface area contributed by atoms with Crippen molar-refractivity contribution in [1.29, 1.82) is 0 Å². The van der Waals surface area contributed by atoms with Crippen LogP contribution in [0.2, 0.25) is 0 Å². The van der Waals surface area contributed by atoms with E-state index in [1.165, 1.54) is 6.92 Å². The van der Waals surface area contributed by atoms with E-state index in [1.807, 2.05) is 0 Å². The molecule has 0 spiro atoms. The van der Waals surface area contributed by atoms with Gasteiger partial charge in [-0.2, -0.15) is 0 Å². The summed E-state index contributed by atoms with van der Waals surface area (Å²) in [5, 5.41) is 18.7. The van der Waals surface area contributed by atoms with Crippen LogP contribution in [0.5, 0.6) is 0 Å². The monoisotopic (exact) mass is 160 g/mol. The second kappa shape index (κ2) is 2.46. The normalized spacial score (nSPS) is 45.3. The standard InChI is InChI=1S/C7H12O4/c1-4-6(9)7(2,10)3-5(8)11-4/h4,6,9-10H,3H2,1-2H3/t4-,6+,7-/m1/s1. The number of carbonyl (C=O) groups is 1. The third kappa shape index (κ3) is 1.52. The van der Waals surface area contributed by atoms with Gasteiger partial charge in [-0.1, -0.05) is 0 Å². The first-order valence-electron chi connectivity index (χ1n) is 3.53. The summed E-state index contributed by atoms with van der Waals surface area (Å²) in [6, 6.07) is 0. The molecule has 0 radical (unpaired) electrons. The molecule has 2 N–H and O–H groups in total. The predicted octanol–water partition coefficient (Wildman–Crippen LogP) is -0.566. The number of cyclic esters (lactones) is 1. The van der Waals surface area contributed by atoms with E-state index >= 15 is 0 Å². The Morgan fingerprint density at radius 1 is 1.73 bits per heavy atom. The van der Waals surface area contributed by atoms with Gasteiger partial charge in [-0.15, -0.1) is 0 Å². The molecule has 0 saturated carbocycles. The highest BCUT2D eigenvalue weighted by Gasteiger charge is 2.42. The van der Waals surface area contributed by atoms with E-state index in [-0.39, 0.29) is 6.42 Å². The average Bonchev–Trinajstić information content (AvgIpc) is 1.81. The van der Waals surface area contributed by atoms with Crippen LogP contribution in [0, 0.1) is 0 Å². The van der Waals surface area contributed by atoms with E-state index in [0.29, 0.717) is 0 Å². The molecule has 1 rings (SSSR count). The molecule has 1 saturated heterocycles. The molecule has 0 bridgehead atoms. The Bertz CT molecular complexity index is 175. The number of carbonyl (C=O) groups excluding carboxylic acids is 1. The summed E-state index contributed by atoms with van der Waals surface area (Å²) in [5.41, 5.74) is -1.34. The van der Waals surface area contributed by atoms with Gasteiger partial charge in [0, 0.05) is 0 Å². The Kier molecular flexibility index (Phi) is 1.90. The molecule has 1 aliphatic rings. The molecule has 1 aliphatic heterocycles. The molecule has 11 heavy (non-hydrogen) atoms. The molecular weight excluding hydrogens is 148 g/mol. The zero-order chi connectivity index (χ0) is 8.65. The molecule has 1 fully saturated rings. The Labute approximate surface area is 64.8 Å². The minimum atomic E-state index is -1.34. The quantitative estimate of drug-likeness (QED) is 0.466. The number of rotatable bonds is 0. The van der Waals surface area contributed by atoms with Gasteiger partial charge >= 0.3 is 5.97 Å². The van der Waals surface area contributed by atoms with Gasteiger partial charge in [0.05, 0.1) is 6.42 Å². The van der Waals surface area contributed by atoms with Crippen LogP contribution >= 0.6 is 0 Å². The van der Waals surface area contributed by atoms with E-state index < -0.39 is 23.8 Å². The van der Waals surface area contributed by atoms with Crippen molar-refractivity contribution in [3.8, 4) is 0 Å². The van der Waals surface area contributed by atoms with E-state index in [0.717, 1.165) is 0 Å². The Hall–Kier alpha value is -0.610. The van der Waals surface area contributed by atoms with Gasteiger partial charge in [-0.05, 0) is 13.8 Å². The molecule has 64 valence electrons. The first kappa shape index (κ1) is 8.49. The van der Waals surface area contributed by atoms with Gasteiger partial charge in [0.15, 0.2) is 0 Å². The SMILES string of the molecule is C[C@H]1OC(=O)C[C@@](C)(O)[C@H]1O. The lowest BCUT2D eigenvalue weighted by Gasteiger charge is -2.36. The molecule has 3 atom stereocenters. The highest BCUT2D eigenvalue weighted by molar-refractivity contribution is 5.72. The molecule has 0 aromatic rings. The minimum Gasteiger partial charge on any atom is -0.460 e. The van der Waals surface area contributed by atoms with Gasteiger partial charge < -0.3 is 14.9 Å². The second-order valence-electron chi connectivity index (χ2n) is 3.17. The van der Waals surface area contributed by atoms with Crippen LogP contribution in [-0.4, -0.2) is 34.0 Å². The van der Waals surface area contributed by atoms with Crippen molar-refractivity contribution in [2.45, 2.75) is 38.1 Å². The minimum absolute atomic E-state index is 0.140. The average molecular weight is 160 g/mol. The predicted molar refractivity (Wildman–Crippen MR) is 36.8 cm³/mol. The second-order valence-corrected chi connectivity index (χ2v) is 3.17. The van der Waals surface area contributed by atoms with Gasteiger partial charge in [-0.25, -0.2) is 0 Å². The summed E-state index contributed by atoms with van der Waals surface area (Å²) in [7, 11) is 0. The molecule has 0 amide bonds. The molecule has 0 aromatic heterocycles. The zero-order valence-electron chi connectivity index (χ0n) is 6.57. The van der Waals surface area contributed by atoms with Crippen molar-refractivity contribution in [2.24, 2.45) is 0 Å². The van der Waals surface area contributed by atoms with E-state index in [1.54, 1.807) is 6.92 Å². The Balaban J connectivity index is 2.75. The lowest BCUT2D eigenvalue weighted by Crippen LogP contribution is -2.53. The van der Waals surface area contributed by atoms with Crippen molar-refractivity contribution in [3.05, 3.63) is 0 Å². The van der Waals surface area contributed by atoms with Crippen molar-refractivity contribution < 1.29 is 19.7 Å². The van der Waals surface area contributed by atoms with Crippen molar-refractivity contribution in [1.82, 2.24) is 0 Å². The van der Waals surface area contributed by atoms with Crippen LogP contribution in [0.3, 0.4) is 0 Å². The van der Waals surface area contributed by atoms with Gasteiger partial charge in [0.2, 0.25) is 0 Å². The Morgan fingerprint density at radius 3 is 2.73 bits per heavy atom. The van der Waals surface area contributed by atoms with Crippen LogP contribution in [-0.2, 0) is 9.53 Å². The fraction of sp³-hybridized carbons (Fsp3) is 0.857. The van der Waals surface area contributed by atoms with Crippen LogP contribution in [0.25, 0.3) is 0 Å². The van der Waals surface area contributed by atoms with Gasteiger partial charge in [0.1, 0.15) is 17.8 Å². The van der Waals surface area contributed by atoms with Crippen LogP contribution in [0.1, 0.15) is 20.3 Å². The first-order chi connectivity index (χ1) is 4.93. The third-order valence-electron chi connectivity index (χ3n) is 1.90. The molecule has 1 heterocycles. The summed E-state index contributed by atoms with van der Waals surface area (Å²) in [4.78, 5) is 10.7. The van der Waals surface area contributed by atoms with Gasteiger partial charge in [-0.3, -0.25) is 4.79 Å². The lowest BCUT2D eigenvalue weighted by atomic mass is 9.89. The molecule has 4 nitrogen and oxygen atoms in total. The number of hydrogen-bond acceptors (Lipinski definition) is 4. The van der Waals surface area contributed by atoms with Crippen molar-refractivity contribution in [2.75, 3.05) is 0 Å². The highest BCUT2D eigenvalue weighted by Crippen LogP contribution is 2.25. The third-order valence-corrected chi connectivity index (χ3v) is 1.90. The Morgan fingerprint density at radius 2 is 2.27 bits per heavy atom. The zero-order valence-corrected chi connectivity index (χ0v) is 6.57. The number of hydrogen-bond donors (Lipinski definition) is 2. The summed E-state index contributed by atoms with van der Waals surface area (Å²) < 4.78 is 4.69. The number of aliphatic hydroxyl groups excluding tert-OH is 1. The van der Waals surface area contributed by atoms with E-state index in [4.69, 9.17) is 0 Å². The number of aliphatic hydroxyl groups is 2. The van der Waals surface area contributed by atoms with Crippen molar-refractivity contribution in [3.63, 3.8) is 0 Å². The van der Waals surface area contributed by atoms with Crippen LogP contribution in [0.4, 0.5) is 0 Å². The summed E-state index contributed by atoms with van der Waals surface area (Å²) in [5.74, 6) is -0.465. The maximum absolute atomic E-state index is 10.7. The van der Waals surface area contributed by atoms with E-state index in [9.17, 15) is 15.0 Å². The van der Waals surface area contributed by atoms with Crippen LogP contribution in [0.15, 0.2) is 0 Å². The maximum Gasteiger partial charge on any atom is 0.309 e. The smallest absolute Gasteiger partial charge is 0.309 e. The fourth-order valence-electron chi connectivity index (χ4n) is 1.22. The van der Waals surface area contributed by atoms with Crippen LogP contribution < -0.4 is 0 Å². The summed E-state index contributed by atoms with van der Waals surface area (Å²) in [6.45, 7) is 2.98. The molecule has 0 unspecified atom stereocenters. The summed E-state index contributed by atoms with van der Waals surface area (Å²) in [6.07, 6.45) is -1.75. The highest BCUT2D eigenvalue weighted by atomic mass is 16.6. The molecule has 0 aromatic carbocycles. The largest absolute Gasteiger partial charge is 0.460 e. The number of esters is 1. The maximum atomic E-state index is 10.7. The fourth-order valence-corrected chi connectivity index (χ4v) is 1.22. The lowest BCUT2D eigenvalue weighted by molar-refractivity contribution is -0.193. The van der Waals surface area contributed by atoms with Crippen molar-refractivity contribution >= 4 is 5.97 Å². The number of ether oxygens (including phenoxy) is 1. The molecule has 4 heteroatoms. The van der Waals surface area contributed by atoms with E-state index in [2.05, 4.69) is 4.74 Å². The summed E-state index contributed by atoms with van der Waals surface area (Å²) >= 11 is 0. The first-order valence-corrected chi connectivity index (χ1v) is 3.53. The molecular formula is C7H12O4. The molecule has 0 aliphatic carbocycles.